The van der Waals surface area contributed by atoms with Crippen molar-refractivity contribution >= 4 is 31.5 Å². The van der Waals surface area contributed by atoms with Gasteiger partial charge in [-0.05, 0) is 24.6 Å². The molecule has 1 saturated heterocycles. The number of hydrogen-bond acceptors (Lipinski definition) is 5. The van der Waals surface area contributed by atoms with Crippen molar-refractivity contribution in [2.45, 2.75) is 28.7 Å². The first kappa shape index (κ1) is 16.7. The van der Waals surface area contributed by atoms with Crippen molar-refractivity contribution in [3.05, 3.63) is 23.2 Å². The van der Waals surface area contributed by atoms with Gasteiger partial charge in [0, 0.05) is 19.3 Å². The van der Waals surface area contributed by atoms with Crippen LogP contribution in [0.25, 0.3) is 0 Å². The summed E-state index contributed by atoms with van der Waals surface area (Å²) >= 11 is 5.90. The SMILES string of the molecule is CCC1(O)CN(S(=O)(=O)c2cc(S(C)(=O)=O)ccc2Cl)C1. The fraction of sp³-hybridized carbons (Fsp3) is 0.500. The number of rotatable bonds is 4. The third-order valence-electron chi connectivity index (χ3n) is 3.55. The van der Waals surface area contributed by atoms with E-state index in [1.54, 1.807) is 6.92 Å². The lowest BCUT2D eigenvalue weighted by molar-refractivity contribution is -0.0613. The van der Waals surface area contributed by atoms with Crippen LogP contribution in [0, 0.1) is 0 Å². The van der Waals surface area contributed by atoms with Crippen LogP contribution in [-0.2, 0) is 19.9 Å². The number of sulfonamides is 1. The third-order valence-corrected chi connectivity index (χ3v) is 6.93. The van der Waals surface area contributed by atoms with E-state index in [4.69, 9.17) is 11.6 Å². The first-order valence-electron chi connectivity index (χ1n) is 6.22. The Balaban J connectivity index is 2.42. The van der Waals surface area contributed by atoms with Crippen molar-refractivity contribution in [3.63, 3.8) is 0 Å². The van der Waals surface area contributed by atoms with Gasteiger partial charge in [-0.1, -0.05) is 18.5 Å². The highest BCUT2D eigenvalue weighted by molar-refractivity contribution is 7.91. The van der Waals surface area contributed by atoms with Crippen molar-refractivity contribution in [1.82, 2.24) is 4.31 Å². The predicted molar refractivity (Wildman–Crippen MR) is 78.6 cm³/mol. The van der Waals surface area contributed by atoms with E-state index in [9.17, 15) is 21.9 Å². The zero-order valence-corrected chi connectivity index (χ0v) is 14.0. The summed E-state index contributed by atoms with van der Waals surface area (Å²) in [6.07, 6.45) is 1.43. The van der Waals surface area contributed by atoms with Gasteiger partial charge in [0.25, 0.3) is 0 Å². The Hall–Kier alpha value is -0.670. The Morgan fingerprint density at radius 1 is 1.29 bits per heavy atom. The lowest BCUT2D eigenvalue weighted by Crippen LogP contribution is -2.62. The molecule has 0 radical (unpaired) electrons. The molecule has 2 rings (SSSR count). The van der Waals surface area contributed by atoms with Crippen LogP contribution in [0.15, 0.2) is 28.0 Å². The summed E-state index contributed by atoms with van der Waals surface area (Å²) in [4.78, 5) is -0.373. The van der Waals surface area contributed by atoms with E-state index in [1.807, 2.05) is 0 Å². The van der Waals surface area contributed by atoms with Gasteiger partial charge in [0.2, 0.25) is 10.0 Å². The van der Waals surface area contributed by atoms with Gasteiger partial charge in [0.05, 0.1) is 15.5 Å². The van der Waals surface area contributed by atoms with Crippen LogP contribution >= 0.6 is 11.6 Å². The van der Waals surface area contributed by atoms with E-state index in [1.165, 1.54) is 12.1 Å². The zero-order valence-electron chi connectivity index (χ0n) is 11.6. The second-order valence-corrected chi connectivity index (χ2v) is 9.54. The molecule has 0 bridgehead atoms. The summed E-state index contributed by atoms with van der Waals surface area (Å²) in [5.41, 5.74) is -1.02. The summed E-state index contributed by atoms with van der Waals surface area (Å²) < 4.78 is 49.1. The number of sulfone groups is 1. The highest BCUT2D eigenvalue weighted by Crippen LogP contribution is 2.33. The number of halogens is 1. The summed E-state index contributed by atoms with van der Waals surface area (Å²) in [5.74, 6) is 0. The van der Waals surface area contributed by atoms with E-state index < -0.39 is 25.5 Å². The van der Waals surface area contributed by atoms with Gasteiger partial charge in [-0.25, -0.2) is 16.8 Å². The molecule has 1 aromatic carbocycles. The standard InChI is InChI=1S/C12H16ClNO5S2/c1-3-12(15)7-14(8-12)21(18,19)11-6-9(20(2,16)17)4-5-10(11)13/h4-6,15H,3,7-8H2,1-2H3. The minimum absolute atomic E-state index is 0.0226. The molecule has 0 amide bonds. The molecule has 1 aliphatic rings. The molecule has 0 aromatic heterocycles. The molecule has 1 N–H and O–H groups in total. The molecule has 6 nitrogen and oxygen atoms in total. The van der Waals surface area contributed by atoms with Crippen LogP contribution in [0.1, 0.15) is 13.3 Å². The van der Waals surface area contributed by atoms with E-state index in [0.717, 1.165) is 16.6 Å². The molecular formula is C12H16ClNO5S2. The van der Waals surface area contributed by atoms with E-state index in [-0.39, 0.29) is 27.9 Å². The molecule has 21 heavy (non-hydrogen) atoms. The second kappa shape index (κ2) is 5.20. The monoisotopic (exact) mass is 353 g/mol. The highest BCUT2D eigenvalue weighted by atomic mass is 35.5. The first-order valence-corrected chi connectivity index (χ1v) is 9.93. The number of hydrogen-bond donors (Lipinski definition) is 1. The molecule has 0 atom stereocenters. The van der Waals surface area contributed by atoms with Crippen molar-refractivity contribution in [2.75, 3.05) is 19.3 Å². The smallest absolute Gasteiger partial charge is 0.244 e. The van der Waals surface area contributed by atoms with Gasteiger partial charge in [-0.3, -0.25) is 0 Å². The van der Waals surface area contributed by atoms with Crippen LogP contribution in [0.5, 0.6) is 0 Å². The van der Waals surface area contributed by atoms with Gasteiger partial charge in [-0.15, -0.1) is 0 Å². The predicted octanol–water partition coefficient (Wildman–Crippen LogP) is 0.889. The highest BCUT2D eigenvalue weighted by Gasteiger charge is 2.46. The van der Waals surface area contributed by atoms with Crippen molar-refractivity contribution in [3.8, 4) is 0 Å². The molecule has 0 saturated carbocycles. The maximum Gasteiger partial charge on any atom is 0.244 e. The Labute approximate surface area is 129 Å². The molecule has 118 valence electrons. The summed E-state index contributed by atoms with van der Waals surface area (Å²) in [6, 6.07) is 3.56. The Bertz CT molecular complexity index is 767. The average Bonchev–Trinajstić information content (AvgIpc) is 2.33. The lowest BCUT2D eigenvalue weighted by Gasteiger charge is -2.44. The van der Waals surface area contributed by atoms with Crippen molar-refractivity contribution < 1.29 is 21.9 Å². The maximum atomic E-state index is 12.5. The van der Waals surface area contributed by atoms with E-state index >= 15 is 0 Å². The van der Waals surface area contributed by atoms with Gasteiger partial charge in [0.1, 0.15) is 4.90 Å². The Kier molecular flexibility index (Phi) is 4.14. The maximum absolute atomic E-state index is 12.5. The molecule has 1 aliphatic heterocycles. The molecule has 0 aliphatic carbocycles. The number of nitrogens with zero attached hydrogens (tertiary/aromatic N) is 1. The third kappa shape index (κ3) is 3.09. The summed E-state index contributed by atoms with van der Waals surface area (Å²) in [6.45, 7) is 1.72. The van der Waals surface area contributed by atoms with Gasteiger partial charge in [0.15, 0.2) is 9.84 Å². The van der Waals surface area contributed by atoms with Crippen molar-refractivity contribution in [2.24, 2.45) is 0 Å². The lowest BCUT2D eigenvalue weighted by atomic mass is 9.94. The van der Waals surface area contributed by atoms with E-state index in [2.05, 4.69) is 0 Å². The molecule has 1 aromatic rings. The largest absolute Gasteiger partial charge is 0.387 e. The van der Waals surface area contributed by atoms with Crippen LogP contribution in [0.4, 0.5) is 0 Å². The van der Waals surface area contributed by atoms with Crippen LogP contribution in [0.2, 0.25) is 5.02 Å². The number of aliphatic hydroxyl groups is 1. The average molecular weight is 354 g/mol. The first-order chi connectivity index (χ1) is 9.49. The minimum atomic E-state index is -3.92. The van der Waals surface area contributed by atoms with Crippen LogP contribution in [0.3, 0.4) is 0 Å². The fourth-order valence-electron chi connectivity index (χ4n) is 2.05. The number of benzene rings is 1. The number of β-amino-alcohol motifs (C(OH)–C–C–N with tert-alkyl or cyclic N) is 1. The van der Waals surface area contributed by atoms with Crippen LogP contribution in [-0.4, -0.2) is 51.2 Å². The van der Waals surface area contributed by atoms with Gasteiger partial charge in [-0.2, -0.15) is 4.31 Å². The Morgan fingerprint density at radius 2 is 1.86 bits per heavy atom. The Morgan fingerprint density at radius 3 is 2.33 bits per heavy atom. The van der Waals surface area contributed by atoms with Gasteiger partial charge < -0.3 is 5.11 Å². The quantitative estimate of drug-likeness (QED) is 0.867. The molecular weight excluding hydrogens is 338 g/mol. The summed E-state index contributed by atoms with van der Waals surface area (Å²) in [7, 11) is -7.46. The summed E-state index contributed by atoms with van der Waals surface area (Å²) in [5, 5.41) is 9.87. The topological polar surface area (TPSA) is 91.8 Å². The second-order valence-electron chi connectivity index (χ2n) is 5.22. The minimum Gasteiger partial charge on any atom is -0.387 e. The molecule has 0 spiro atoms. The van der Waals surface area contributed by atoms with Gasteiger partial charge >= 0.3 is 0 Å². The van der Waals surface area contributed by atoms with Crippen LogP contribution < -0.4 is 0 Å². The molecule has 1 fully saturated rings. The zero-order chi connectivity index (χ0) is 16.1. The molecule has 0 unspecified atom stereocenters. The molecule has 9 heteroatoms. The van der Waals surface area contributed by atoms with Crippen molar-refractivity contribution in [1.29, 1.82) is 0 Å². The van der Waals surface area contributed by atoms with E-state index in [0.29, 0.717) is 6.42 Å². The fourth-order valence-corrected chi connectivity index (χ4v) is 4.88. The normalized spacial score (nSPS) is 19.2. The molecule has 1 heterocycles.